The van der Waals surface area contributed by atoms with Gasteiger partial charge in [-0.15, -0.1) is 0 Å². The van der Waals surface area contributed by atoms with Crippen LogP contribution in [0.1, 0.15) is 52.5 Å². The first kappa shape index (κ1) is 26.3. The number of carbonyl (C=O) groups excluding carboxylic acids is 2. The molecule has 1 saturated heterocycles. The van der Waals surface area contributed by atoms with Gasteiger partial charge in [-0.05, 0) is 77.2 Å². The van der Waals surface area contributed by atoms with Crippen LogP contribution in [0.2, 0.25) is 0 Å². The summed E-state index contributed by atoms with van der Waals surface area (Å²) >= 11 is 0. The second-order valence-electron chi connectivity index (χ2n) is 9.68. The number of rotatable bonds is 8. The number of esters is 1. The number of ether oxygens (including phenoxy) is 3. The molecule has 1 aromatic heterocycles. The third-order valence-corrected chi connectivity index (χ3v) is 5.91. The number of anilines is 1. The minimum absolute atomic E-state index is 0.232. The maximum absolute atomic E-state index is 12.3. The number of likely N-dealkylation sites (tertiary alicyclic amines) is 1. The molecule has 2 heterocycles. The van der Waals surface area contributed by atoms with Gasteiger partial charge in [0, 0.05) is 42.9 Å². The Kier molecular flexibility index (Phi) is 8.95. The summed E-state index contributed by atoms with van der Waals surface area (Å²) in [5.41, 5.74) is 2.07. The standard InChI is InChI=1S/C27H37N3O5/c1-6-34-24(31)10-7-20-18-29-23-9-8-21(33-5)17-22(23)25(20)28-14-11-19-12-15-30(16-13-19)26(32)35-27(2,3)4/h7-10,17-19H,6,11-16H2,1-5H3,(H,28,29)/b10-7+. The van der Waals surface area contributed by atoms with E-state index >= 15 is 0 Å². The molecule has 1 amide bonds. The number of carbonyl (C=O) groups is 2. The molecular formula is C27H37N3O5. The van der Waals surface area contributed by atoms with Crippen molar-refractivity contribution in [3.8, 4) is 5.75 Å². The number of fused-ring (bicyclic) bond motifs is 1. The summed E-state index contributed by atoms with van der Waals surface area (Å²) in [6.07, 6.45) is 7.53. The molecule has 1 N–H and O–H groups in total. The molecule has 8 heteroatoms. The molecule has 35 heavy (non-hydrogen) atoms. The van der Waals surface area contributed by atoms with Crippen molar-refractivity contribution < 1.29 is 23.8 Å². The first-order valence-corrected chi connectivity index (χ1v) is 12.2. The number of pyridine rings is 1. The van der Waals surface area contributed by atoms with Crippen molar-refractivity contribution in [2.45, 2.75) is 52.6 Å². The van der Waals surface area contributed by atoms with Crippen molar-refractivity contribution >= 4 is 34.7 Å². The largest absolute Gasteiger partial charge is 0.497 e. The summed E-state index contributed by atoms with van der Waals surface area (Å²) in [5.74, 6) is 0.867. The van der Waals surface area contributed by atoms with E-state index in [2.05, 4.69) is 10.3 Å². The first-order valence-electron chi connectivity index (χ1n) is 12.2. The lowest BCUT2D eigenvalue weighted by Gasteiger charge is -2.33. The van der Waals surface area contributed by atoms with Crippen molar-refractivity contribution in [3.63, 3.8) is 0 Å². The molecule has 0 unspecified atom stereocenters. The van der Waals surface area contributed by atoms with Crippen molar-refractivity contribution in [3.05, 3.63) is 36.0 Å². The Morgan fingerprint density at radius 2 is 1.97 bits per heavy atom. The quantitative estimate of drug-likeness (QED) is 0.404. The molecule has 0 bridgehead atoms. The highest BCUT2D eigenvalue weighted by Crippen LogP contribution is 2.31. The van der Waals surface area contributed by atoms with Crippen molar-refractivity contribution in [2.75, 3.05) is 38.7 Å². The number of nitrogens with one attached hydrogen (secondary N) is 1. The average Bonchev–Trinajstić information content (AvgIpc) is 2.82. The van der Waals surface area contributed by atoms with E-state index in [0.717, 1.165) is 53.7 Å². The second-order valence-corrected chi connectivity index (χ2v) is 9.68. The minimum atomic E-state index is -0.479. The zero-order chi connectivity index (χ0) is 25.4. The van der Waals surface area contributed by atoms with Crippen molar-refractivity contribution in [2.24, 2.45) is 5.92 Å². The Balaban J connectivity index is 1.67. The van der Waals surface area contributed by atoms with Gasteiger partial charge in [0.2, 0.25) is 0 Å². The van der Waals surface area contributed by atoms with E-state index < -0.39 is 5.60 Å². The van der Waals surface area contributed by atoms with Gasteiger partial charge in [-0.2, -0.15) is 0 Å². The van der Waals surface area contributed by atoms with Crippen molar-refractivity contribution in [1.29, 1.82) is 0 Å². The van der Waals surface area contributed by atoms with Crippen LogP contribution in [0.15, 0.2) is 30.5 Å². The Morgan fingerprint density at radius 3 is 2.63 bits per heavy atom. The lowest BCUT2D eigenvalue weighted by atomic mass is 9.93. The van der Waals surface area contributed by atoms with Gasteiger partial charge in [-0.25, -0.2) is 9.59 Å². The van der Waals surface area contributed by atoms with Crippen LogP contribution in [0.3, 0.4) is 0 Å². The Labute approximate surface area is 207 Å². The summed E-state index contributed by atoms with van der Waals surface area (Å²) < 4.78 is 15.9. The molecule has 1 aliphatic heterocycles. The fraction of sp³-hybridized carbons (Fsp3) is 0.519. The van der Waals surface area contributed by atoms with Gasteiger partial charge in [0.1, 0.15) is 11.4 Å². The summed E-state index contributed by atoms with van der Waals surface area (Å²) in [5, 5.41) is 4.50. The van der Waals surface area contributed by atoms with Crippen LogP contribution in [0, 0.1) is 5.92 Å². The Bertz CT molecular complexity index is 1050. The predicted octanol–water partition coefficient (Wildman–Crippen LogP) is 5.27. The van der Waals surface area contributed by atoms with Gasteiger partial charge < -0.3 is 24.4 Å². The molecule has 2 aromatic rings. The highest BCUT2D eigenvalue weighted by Gasteiger charge is 2.26. The number of aromatic nitrogens is 1. The molecule has 8 nitrogen and oxygen atoms in total. The molecule has 0 saturated carbocycles. The fourth-order valence-corrected chi connectivity index (χ4v) is 4.12. The number of hydrogen-bond acceptors (Lipinski definition) is 7. The summed E-state index contributed by atoms with van der Waals surface area (Å²) in [6.45, 7) is 9.95. The van der Waals surface area contributed by atoms with Crippen LogP contribution in [0.25, 0.3) is 17.0 Å². The summed E-state index contributed by atoms with van der Waals surface area (Å²) in [7, 11) is 1.63. The SMILES string of the molecule is CCOC(=O)/C=C/c1cnc2ccc(OC)cc2c1NCCC1CCN(C(=O)OC(C)(C)C)CC1. The molecule has 0 radical (unpaired) electrons. The zero-order valence-electron chi connectivity index (χ0n) is 21.4. The van der Waals surface area contributed by atoms with Crippen LogP contribution in [-0.2, 0) is 14.3 Å². The number of piperidine rings is 1. The summed E-state index contributed by atoms with van der Waals surface area (Å²) in [4.78, 5) is 30.5. The van der Waals surface area contributed by atoms with Crippen LogP contribution in [0.5, 0.6) is 5.75 Å². The van der Waals surface area contributed by atoms with E-state index in [1.165, 1.54) is 6.08 Å². The van der Waals surface area contributed by atoms with E-state index in [9.17, 15) is 9.59 Å². The molecule has 3 rings (SSSR count). The molecule has 0 spiro atoms. The van der Waals surface area contributed by atoms with Crippen LogP contribution < -0.4 is 10.1 Å². The third-order valence-electron chi connectivity index (χ3n) is 5.91. The van der Waals surface area contributed by atoms with Crippen molar-refractivity contribution in [1.82, 2.24) is 9.88 Å². The molecule has 1 aromatic carbocycles. The molecule has 0 aliphatic carbocycles. The van der Waals surface area contributed by atoms with Gasteiger partial charge in [0.25, 0.3) is 0 Å². The second kappa shape index (κ2) is 11.9. The van der Waals surface area contributed by atoms with Gasteiger partial charge in [0.15, 0.2) is 0 Å². The van der Waals surface area contributed by atoms with E-state index in [4.69, 9.17) is 14.2 Å². The lowest BCUT2D eigenvalue weighted by Crippen LogP contribution is -2.41. The molecule has 1 aliphatic rings. The molecule has 0 atom stereocenters. The Hall–Kier alpha value is -3.29. The van der Waals surface area contributed by atoms with Crippen LogP contribution in [0.4, 0.5) is 10.5 Å². The maximum atomic E-state index is 12.3. The number of methoxy groups -OCH3 is 1. The number of amides is 1. The van der Waals surface area contributed by atoms with E-state index in [0.29, 0.717) is 25.6 Å². The first-order chi connectivity index (χ1) is 16.7. The van der Waals surface area contributed by atoms with Crippen LogP contribution in [-0.4, -0.2) is 60.9 Å². The summed E-state index contributed by atoms with van der Waals surface area (Å²) in [6, 6.07) is 5.75. The maximum Gasteiger partial charge on any atom is 0.410 e. The highest BCUT2D eigenvalue weighted by atomic mass is 16.6. The monoisotopic (exact) mass is 483 g/mol. The van der Waals surface area contributed by atoms with Crippen LogP contribution >= 0.6 is 0 Å². The van der Waals surface area contributed by atoms with Gasteiger partial charge in [-0.3, -0.25) is 4.98 Å². The number of benzene rings is 1. The predicted molar refractivity (Wildman–Crippen MR) is 138 cm³/mol. The molecular weight excluding hydrogens is 446 g/mol. The van der Waals surface area contributed by atoms with Gasteiger partial charge in [0.05, 0.1) is 24.9 Å². The zero-order valence-corrected chi connectivity index (χ0v) is 21.4. The topological polar surface area (TPSA) is 90.0 Å². The third kappa shape index (κ3) is 7.60. The fourth-order valence-electron chi connectivity index (χ4n) is 4.12. The number of nitrogens with zero attached hydrogens (tertiary/aromatic N) is 2. The van der Waals surface area contributed by atoms with E-state index in [1.807, 2.05) is 39.0 Å². The molecule has 1 fully saturated rings. The Morgan fingerprint density at radius 1 is 1.23 bits per heavy atom. The van der Waals surface area contributed by atoms with E-state index in [1.54, 1.807) is 31.2 Å². The molecule has 190 valence electrons. The highest BCUT2D eigenvalue weighted by molar-refractivity contribution is 5.98. The van der Waals surface area contributed by atoms with Gasteiger partial charge in [-0.1, -0.05) is 0 Å². The minimum Gasteiger partial charge on any atom is -0.497 e. The smallest absolute Gasteiger partial charge is 0.410 e. The van der Waals surface area contributed by atoms with Gasteiger partial charge >= 0.3 is 12.1 Å². The van der Waals surface area contributed by atoms with E-state index in [-0.39, 0.29) is 12.1 Å². The average molecular weight is 484 g/mol. The lowest BCUT2D eigenvalue weighted by molar-refractivity contribution is -0.137. The normalized spacial score (nSPS) is 14.8. The number of hydrogen-bond donors (Lipinski definition) is 1.